The Morgan fingerprint density at radius 2 is 1.97 bits per heavy atom. The second-order valence-corrected chi connectivity index (χ2v) is 8.03. The Balaban J connectivity index is 1.46. The molecule has 2 N–H and O–H groups in total. The number of nitrogens with one attached hydrogen (secondary N) is 2. The van der Waals surface area contributed by atoms with Gasteiger partial charge in [-0.3, -0.25) is 9.79 Å². The highest BCUT2D eigenvalue weighted by Crippen LogP contribution is 2.23. The van der Waals surface area contributed by atoms with Crippen molar-refractivity contribution in [2.75, 3.05) is 27.7 Å². The van der Waals surface area contributed by atoms with Crippen LogP contribution in [0.2, 0.25) is 0 Å². The Labute approximate surface area is 184 Å². The minimum absolute atomic E-state index is 0.0147. The van der Waals surface area contributed by atoms with Crippen molar-refractivity contribution in [3.05, 3.63) is 59.3 Å². The van der Waals surface area contributed by atoms with Crippen LogP contribution in [-0.4, -0.2) is 55.5 Å². The fourth-order valence-corrected chi connectivity index (χ4v) is 3.65. The summed E-state index contributed by atoms with van der Waals surface area (Å²) < 4.78 is 5.99. The summed E-state index contributed by atoms with van der Waals surface area (Å²) in [5.41, 5.74) is 2.91. The average molecular weight is 424 g/mol. The molecule has 1 heterocycles. The van der Waals surface area contributed by atoms with Crippen LogP contribution in [0.1, 0.15) is 47.2 Å². The van der Waals surface area contributed by atoms with Gasteiger partial charge in [0, 0.05) is 52.1 Å². The molecule has 1 fully saturated rings. The molecule has 0 aliphatic heterocycles. The van der Waals surface area contributed by atoms with Crippen molar-refractivity contribution < 1.29 is 9.53 Å². The molecule has 7 heteroatoms. The molecule has 3 rings (SSSR count). The highest BCUT2D eigenvalue weighted by Gasteiger charge is 2.17. The zero-order chi connectivity index (χ0) is 22.1. The van der Waals surface area contributed by atoms with Gasteiger partial charge in [0.15, 0.2) is 5.96 Å². The van der Waals surface area contributed by atoms with Crippen molar-refractivity contribution in [2.45, 2.75) is 44.8 Å². The van der Waals surface area contributed by atoms with E-state index in [9.17, 15) is 4.79 Å². The fourth-order valence-electron chi connectivity index (χ4n) is 3.65. The number of benzene rings is 1. The Morgan fingerprint density at radius 3 is 2.71 bits per heavy atom. The lowest BCUT2D eigenvalue weighted by Gasteiger charge is -2.14. The van der Waals surface area contributed by atoms with E-state index in [-0.39, 0.29) is 5.91 Å². The number of rotatable bonds is 8. The number of pyridine rings is 1. The third-order valence-corrected chi connectivity index (χ3v) is 5.36. The molecule has 1 aromatic carbocycles. The van der Waals surface area contributed by atoms with Crippen molar-refractivity contribution in [1.82, 2.24) is 20.5 Å². The SMILES string of the molecule is CN=C(NCCc1cccc(C(=O)N(C)C)c1)NCc1ccnc(OC2CCCC2)c1. The Hall–Kier alpha value is -3.09. The molecule has 166 valence electrons. The first-order valence-corrected chi connectivity index (χ1v) is 10.9. The second kappa shape index (κ2) is 11.3. The van der Waals surface area contributed by atoms with Gasteiger partial charge in [0.05, 0.1) is 0 Å². The van der Waals surface area contributed by atoms with Crippen LogP contribution in [0.15, 0.2) is 47.6 Å². The molecule has 0 unspecified atom stereocenters. The number of aromatic nitrogens is 1. The quantitative estimate of drug-likeness (QED) is 0.504. The lowest BCUT2D eigenvalue weighted by Crippen LogP contribution is -2.37. The van der Waals surface area contributed by atoms with Crippen molar-refractivity contribution in [3.63, 3.8) is 0 Å². The van der Waals surface area contributed by atoms with Crippen molar-refractivity contribution in [3.8, 4) is 5.88 Å². The largest absolute Gasteiger partial charge is 0.474 e. The first-order chi connectivity index (χ1) is 15.0. The molecule has 2 aromatic rings. The molecule has 0 saturated heterocycles. The molecule has 1 aliphatic carbocycles. The molecular weight excluding hydrogens is 390 g/mol. The first-order valence-electron chi connectivity index (χ1n) is 10.9. The third kappa shape index (κ3) is 6.98. The maximum atomic E-state index is 12.1. The van der Waals surface area contributed by atoms with Gasteiger partial charge in [-0.25, -0.2) is 4.98 Å². The van der Waals surface area contributed by atoms with Gasteiger partial charge < -0.3 is 20.3 Å². The number of carbonyl (C=O) groups is 1. The fraction of sp³-hybridized carbons (Fsp3) is 0.458. The summed E-state index contributed by atoms with van der Waals surface area (Å²) in [4.78, 5) is 22.4. The van der Waals surface area contributed by atoms with E-state index >= 15 is 0 Å². The minimum atomic E-state index is 0.0147. The van der Waals surface area contributed by atoms with E-state index < -0.39 is 0 Å². The van der Waals surface area contributed by atoms with Crippen molar-refractivity contribution >= 4 is 11.9 Å². The van der Waals surface area contributed by atoms with Crippen LogP contribution in [0, 0.1) is 0 Å². The average Bonchev–Trinajstić information content (AvgIpc) is 3.29. The minimum Gasteiger partial charge on any atom is -0.474 e. The van der Waals surface area contributed by atoms with Gasteiger partial charge in [0.25, 0.3) is 5.91 Å². The van der Waals surface area contributed by atoms with Gasteiger partial charge in [-0.1, -0.05) is 12.1 Å². The summed E-state index contributed by atoms with van der Waals surface area (Å²) in [6.07, 6.45) is 7.61. The Bertz CT molecular complexity index is 891. The maximum Gasteiger partial charge on any atom is 0.253 e. The summed E-state index contributed by atoms with van der Waals surface area (Å²) >= 11 is 0. The van der Waals surface area contributed by atoms with E-state index in [0.717, 1.165) is 36.3 Å². The molecule has 0 atom stereocenters. The molecule has 0 bridgehead atoms. The van der Waals surface area contributed by atoms with Gasteiger partial charge in [0.1, 0.15) is 6.10 Å². The molecule has 0 spiro atoms. The Kier molecular flexibility index (Phi) is 8.27. The molecular formula is C24H33N5O2. The topological polar surface area (TPSA) is 78.9 Å². The molecule has 1 saturated carbocycles. The van der Waals surface area contributed by atoms with Crippen LogP contribution in [0.5, 0.6) is 5.88 Å². The summed E-state index contributed by atoms with van der Waals surface area (Å²) in [6, 6.07) is 11.7. The number of nitrogens with zero attached hydrogens (tertiary/aromatic N) is 3. The highest BCUT2D eigenvalue weighted by atomic mass is 16.5. The monoisotopic (exact) mass is 423 g/mol. The van der Waals surface area contributed by atoms with Crippen LogP contribution in [0.25, 0.3) is 0 Å². The van der Waals surface area contributed by atoms with Gasteiger partial charge in [-0.2, -0.15) is 0 Å². The van der Waals surface area contributed by atoms with Gasteiger partial charge in [-0.15, -0.1) is 0 Å². The number of guanidine groups is 1. The normalized spacial score (nSPS) is 14.4. The van der Waals surface area contributed by atoms with E-state index in [0.29, 0.717) is 30.6 Å². The lowest BCUT2D eigenvalue weighted by atomic mass is 10.1. The number of ether oxygens (including phenoxy) is 1. The van der Waals surface area contributed by atoms with Crippen LogP contribution in [0.4, 0.5) is 0 Å². The van der Waals surface area contributed by atoms with E-state index in [1.165, 1.54) is 12.8 Å². The standard InChI is InChI=1S/C24H33N5O2/c1-25-24(27-14-11-18-7-6-8-20(15-18)23(30)29(2)3)28-17-19-12-13-26-22(16-19)31-21-9-4-5-10-21/h6-8,12-13,15-16,21H,4-5,9-11,14,17H2,1-3H3,(H2,25,27,28). The van der Waals surface area contributed by atoms with Crippen LogP contribution >= 0.6 is 0 Å². The third-order valence-electron chi connectivity index (χ3n) is 5.36. The summed E-state index contributed by atoms with van der Waals surface area (Å²) in [7, 11) is 5.28. The summed E-state index contributed by atoms with van der Waals surface area (Å²) in [5, 5.41) is 6.66. The predicted octanol–water partition coefficient (Wildman–Crippen LogP) is 3.01. The molecule has 1 aliphatic rings. The van der Waals surface area contributed by atoms with Crippen LogP contribution in [-0.2, 0) is 13.0 Å². The van der Waals surface area contributed by atoms with Gasteiger partial charge in [0.2, 0.25) is 5.88 Å². The Morgan fingerprint density at radius 1 is 1.16 bits per heavy atom. The number of hydrogen-bond acceptors (Lipinski definition) is 4. The van der Waals surface area contributed by atoms with Crippen molar-refractivity contribution in [1.29, 1.82) is 0 Å². The van der Waals surface area contributed by atoms with Gasteiger partial charge in [-0.05, 0) is 61.4 Å². The predicted molar refractivity (Wildman–Crippen MR) is 123 cm³/mol. The van der Waals surface area contributed by atoms with E-state index in [2.05, 4.69) is 20.6 Å². The van der Waals surface area contributed by atoms with Crippen LogP contribution in [0.3, 0.4) is 0 Å². The van der Waals surface area contributed by atoms with Gasteiger partial charge >= 0.3 is 0 Å². The van der Waals surface area contributed by atoms with E-state index in [1.807, 2.05) is 36.4 Å². The second-order valence-electron chi connectivity index (χ2n) is 8.03. The zero-order valence-corrected chi connectivity index (χ0v) is 18.7. The molecule has 1 amide bonds. The number of hydrogen-bond donors (Lipinski definition) is 2. The van der Waals surface area contributed by atoms with E-state index in [1.54, 1.807) is 32.2 Å². The maximum absolute atomic E-state index is 12.1. The molecule has 7 nitrogen and oxygen atoms in total. The van der Waals surface area contributed by atoms with Crippen molar-refractivity contribution in [2.24, 2.45) is 4.99 Å². The first kappa shape index (κ1) is 22.6. The summed E-state index contributed by atoms with van der Waals surface area (Å²) in [5.74, 6) is 1.44. The molecule has 0 radical (unpaired) electrons. The molecule has 31 heavy (non-hydrogen) atoms. The van der Waals surface area contributed by atoms with E-state index in [4.69, 9.17) is 4.74 Å². The summed E-state index contributed by atoms with van der Waals surface area (Å²) in [6.45, 7) is 1.35. The lowest BCUT2D eigenvalue weighted by molar-refractivity contribution is 0.0827. The number of aliphatic imine (C=N–C) groups is 1. The zero-order valence-electron chi connectivity index (χ0n) is 18.7. The smallest absolute Gasteiger partial charge is 0.253 e. The number of amides is 1. The highest BCUT2D eigenvalue weighted by molar-refractivity contribution is 5.94. The number of carbonyl (C=O) groups excluding carboxylic acids is 1. The van der Waals surface area contributed by atoms with Crippen LogP contribution < -0.4 is 15.4 Å². The molecule has 1 aromatic heterocycles.